The molecule has 0 N–H and O–H groups in total. The number of hydrogen-bond acceptors (Lipinski definition) is 4. The molecule has 0 amide bonds. The molecule has 3 aliphatic heterocycles. The number of hydrogen-bond donors (Lipinski definition) is 0. The molecular formula is C22H37N3O. The summed E-state index contributed by atoms with van der Waals surface area (Å²) < 4.78 is 5.36. The highest BCUT2D eigenvalue weighted by Crippen LogP contribution is 2.26. The van der Waals surface area contributed by atoms with Crippen molar-refractivity contribution in [1.29, 1.82) is 0 Å². The molecule has 146 valence electrons. The molecule has 0 aliphatic carbocycles. The summed E-state index contributed by atoms with van der Waals surface area (Å²) in [5.74, 6) is 0.803. The summed E-state index contributed by atoms with van der Waals surface area (Å²) in [5, 5.41) is 0. The number of benzene rings is 1. The molecule has 3 aliphatic rings. The van der Waals surface area contributed by atoms with Crippen molar-refractivity contribution in [3.8, 4) is 0 Å². The van der Waals surface area contributed by atoms with Crippen LogP contribution in [0.25, 0.3) is 0 Å². The van der Waals surface area contributed by atoms with Gasteiger partial charge in [0, 0.05) is 19.1 Å². The van der Waals surface area contributed by atoms with Crippen LogP contribution in [0.3, 0.4) is 0 Å². The number of ether oxygens (including phenoxy) is 1. The first-order valence-electron chi connectivity index (χ1n) is 10.5. The van der Waals surface area contributed by atoms with Crippen LogP contribution in [0.1, 0.15) is 37.2 Å². The van der Waals surface area contributed by atoms with Crippen molar-refractivity contribution in [2.24, 2.45) is 0 Å². The molecule has 3 fully saturated rings. The summed E-state index contributed by atoms with van der Waals surface area (Å²) in [6, 6.07) is 11.7. The predicted molar refractivity (Wildman–Crippen MR) is 109 cm³/mol. The van der Waals surface area contributed by atoms with E-state index in [1.807, 2.05) is 0 Å². The van der Waals surface area contributed by atoms with E-state index in [1.54, 1.807) is 0 Å². The Hall–Kier alpha value is -0.940. The van der Waals surface area contributed by atoms with E-state index in [1.165, 1.54) is 57.4 Å². The smallest absolute Gasteiger partial charge is 0.0594 e. The second-order valence-electron chi connectivity index (χ2n) is 8.17. The minimum Gasteiger partial charge on any atom is -0.379 e. The maximum atomic E-state index is 5.36. The lowest BCUT2D eigenvalue weighted by atomic mass is 9.90. The first-order valence-corrected chi connectivity index (χ1v) is 10.5. The largest absolute Gasteiger partial charge is 0.379 e. The van der Waals surface area contributed by atoms with E-state index in [2.05, 4.69) is 59.1 Å². The van der Waals surface area contributed by atoms with Gasteiger partial charge in [-0.2, -0.15) is 0 Å². The van der Waals surface area contributed by atoms with Gasteiger partial charge in [-0.15, -0.1) is 0 Å². The van der Waals surface area contributed by atoms with Crippen LogP contribution in [0.5, 0.6) is 0 Å². The fourth-order valence-corrected chi connectivity index (χ4v) is 4.37. The summed E-state index contributed by atoms with van der Waals surface area (Å²) in [5.41, 5.74) is 1.52. The van der Waals surface area contributed by atoms with Gasteiger partial charge in [-0.05, 0) is 77.4 Å². The maximum absolute atomic E-state index is 5.36. The highest BCUT2D eigenvalue weighted by Gasteiger charge is 2.24. The first-order chi connectivity index (χ1) is 12.7. The van der Waals surface area contributed by atoms with Gasteiger partial charge in [0.05, 0.1) is 13.2 Å². The van der Waals surface area contributed by atoms with Gasteiger partial charge in [0.2, 0.25) is 0 Å². The summed E-state index contributed by atoms with van der Waals surface area (Å²) in [4.78, 5) is 7.45. The third kappa shape index (κ3) is 6.05. The van der Waals surface area contributed by atoms with E-state index in [9.17, 15) is 0 Å². The molecule has 4 rings (SSSR count). The van der Waals surface area contributed by atoms with E-state index in [-0.39, 0.29) is 0 Å². The van der Waals surface area contributed by atoms with Gasteiger partial charge in [-0.1, -0.05) is 30.3 Å². The average Bonchev–Trinajstić information content (AvgIpc) is 2.71. The molecule has 0 bridgehead atoms. The number of rotatable bonds is 2. The zero-order valence-corrected chi connectivity index (χ0v) is 16.8. The van der Waals surface area contributed by atoms with Crippen LogP contribution in [-0.4, -0.2) is 87.3 Å². The molecule has 3 heterocycles. The third-order valence-electron chi connectivity index (χ3n) is 6.24. The lowest BCUT2D eigenvalue weighted by molar-refractivity contribution is 0.00290. The van der Waals surface area contributed by atoms with Gasteiger partial charge in [0.25, 0.3) is 0 Å². The molecule has 4 nitrogen and oxygen atoms in total. The Bertz CT molecular complexity index is 487. The van der Waals surface area contributed by atoms with Gasteiger partial charge >= 0.3 is 0 Å². The third-order valence-corrected chi connectivity index (χ3v) is 6.24. The van der Waals surface area contributed by atoms with Crippen molar-refractivity contribution < 1.29 is 4.74 Å². The van der Waals surface area contributed by atoms with Gasteiger partial charge in [-0.3, -0.25) is 4.90 Å². The normalized spacial score (nSPS) is 24.8. The summed E-state index contributed by atoms with van der Waals surface area (Å²) in [6.07, 6.45) is 5.33. The molecule has 4 heteroatoms. The molecule has 0 unspecified atom stereocenters. The van der Waals surface area contributed by atoms with E-state index < -0.39 is 0 Å². The second kappa shape index (κ2) is 10.4. The topological polar surface area (TPSA) is 19.0 Å². The van der Waals surface area contributed by atoms with Crippen molar-refractivity contribution in [3.05, 3.63) is 35.9 Å². The van der Waals surface area contributed by atoms with Crippen LogP contribution in [-0.2, 0) is 4.74 Å². The van der Waals surface area contributed by atoms with Gasteiger partial charge in [-0.25, -0.2) is 0 Å². The molecule has 0 radical (unpaired) electrons. The van der Waals surface area contributed by atoms with E-state index in [0.29, 0.717) is 0 Å². The maximum Gasteiger partial charge on any atom is 0.0594 e. The quantitative estimate of drug-likeness (QED) is 0.808. The van der Waals surface area contributed by atoms with Gasteiger partial charge < -0.3 is 14.5 Å². The SMILES string of the molecule is CN1CCC(N2CCOCC2)CC1.CN1CCC(c2ccccc2)CC1. The van der Waals surface area contributed by atoms with Crippen molar-refractivity contribution in [3.63, 3.8) is 0 Å². The van der Waals surface area contributed by atoms with Crippen molar-refractivity contribution >= 4 is 0 Å². The summed E-state index contributed by atoms with van der Waals surface area (Å²) in [7, 11) is 4.43. The highest BCUT2D eigenvalue weighted by atomic mass is 16.5. The van der Waals surface area contributed by atoms with Crippen molar-refractivity contribution in [2.75, 3.05) is 66.6 Å². The summed E-state index contributed by atoms with van der Waals surface area (Å²) >= 11 is 0. The van der Waals surface area contributed by atoms with E-state index in [0.717, 1.165) is 38.3 Å². The average molecular weight is 360 g/mol. The summed E-state index contributed by atoms with van der Waals surface area (Å²) in [6.45, 7) is 9.20. The molecule has 0 aromatic heterocycles. The van der Waals surface area contributed by atoms with Crippen LogP contribution in [0.2, 0.25) is 0 Å². The molecule has 0 spiro atoms. The van der Waals surface area contributed by atoms with Crippen molar-refractivity contribution in [1.82, 2.24) is 14.7 Å². The fourth-order valence-electron chi connectivity index (χ4n) is 4.37. The van der Waals surface area contributed by atoms with Gasteiger partial charge in [0.1, 0.15) is 0 Å². The minimum absolute atomic E-state index is 0.803. The Kier molecular flexibility index (Phi) is 7.93. The Balaban J connectivity index is 0.000000151. The number of nitrogens with zero attached hydrogens (tertiary/aromatic N) is 3. The molecular weight excluding hydrogens is 322 g/mol. The standard InChI is InChI=1S/C12H17N.C10H20N2O/c1-13-9-7-12(8-10-13)11-5-3-2-4-6-11;1-11-4-2-10(3-5-11)12-6-8-13-9-7-12/h2-6,12H,7-10H2,1H3;10H,2-9H2,1H3. The molecule has 0 saturated carbocycles. The lowest BCUT2D eigenvalue weighted by Crippen LogP contribution is -2.48. The van der Waals surface area contributed by atoms with E-state index >= 15 is 0 Å². The van der Waals surface area contributed by atoms with Crippen LogP contribution in [0, 0.1) is 0 Å². The molecule has 26 heavy (non-hydrogen) atoms. The number of morpholine rings is 1. The monoisotopic (exact) mass is 359 g/mol. The van der Waals surface area contributed by atoms with Crippen LogP contribution in [0.15, 0.2) is 30.3 Å². The number of likely N-dealkylation sites (tertiary alicyclic amines) is 2. The lowest BCUT2D eigenvalue weighted by Gasteiger charge is -2.39. The Morgan fingerprint density at radius 2 is 1.27 bits per heavy atom. The molecule has 1 aromatic rings. The zero-order chi connectivity index (χ0) is 18.2. The zero-order valence-electron chi connectivity index (χ0n) is 16.8. The first kappa shape index (κ1) is 19.8. The molecule has 3 saturated heterocycles. The Labute approximate surface area is 160 Å². The van der Waals surface area contributed by atoms with Crippen molar-refractivity contribution in [2.45, 2.75) is 37.6 Å². The van der Waals surface area contributed by atoms with Gasteiger partial charge in [0.15, 0.2) is 0 Å². The van der Waals surface area contributed by atoms with Crippen LogP contribution >= 0.6 is 0 Å². The second-order valence-corrected chi connectivity index (χ2v) is 8.17. The van der Waals surface area contributed by atoms with Crippen LogP contribution < -0.4 is 0 Å². The Morgan fingerprint density at radius 1 is 0.731 bits per heavy atom. The Morgan fingerprint density at radius 3 is 1.85 bits per heavy atom. The van der Waals surface area contributed by atoms with Crippen LogP contribution in [0.4, 0.5) is 0 Å². The minimum atomic E-state index is 0.803. The highest BCUT2D eigenvalue weighted by molar-refractivity contribution is 5.19. The molecule has 0 atom stereocenters. The fraction of sp³-hybridized carbons (Fsp3) is 0.727. The molecule has 1 aromatic carbocycles. The van der Waals surface area contributed by atoms with E-state index in [4.69, 9.17) is 4.74 Å². The predicted octanol–water partition coefficient (Wildman–Crippen LogP) is 2.91. The number of piperidine rings is 2.